The first-order valence-corrected chi connectivity index (χ1v) is 11.0. The smallest absolute Gasteiger partial charge is 0.266 e. The minimum Gasteiger partial charge on any atom is -0.394 e. The lowest BCUT2D eigenvalue weighted by Gasteiger charge is -2.21. The first-order chi connectivity index (χ1) is 16.9. The quantitative estimate of drug-likeness (QED) is 0.355. The second-order valence-electron chi connectivity index (χ2n) is 8.06. The van der Waals surface area contributed by atoms with Gasteiger partial charge in [0.25, 0.3) is 5.56 Å². The highest BCUT2D eigenvalue weighted by Crippen LogP contribution is 2.28. The Morgan fingerprint density at radius 1 is 0.914 bits per heavy atom. The highest BCUT2D eigenvalue weighted by molar-refractivity contribution is 5.94. The van der Waals surface area contributed by atoms with Gasteiger partial charge in [0.1, 0.15) is 11.6 Å². The van der Waals surface area contributed by atoms with Gasteiger partial charge in [0.15, 0.2) is 5.82 Å². The van der Waals surface area contributed by atoms with Gasteiger partial charge >= 0.3 is 0 Å². The predicted molar refractivity (Wildman–Crippen MR) is 136 cm³/mol. The van der Waals surface area contributed by atoms with Crippen molar-refractivity contribution < 1.29 is 0 Å². The molecule has 0 saturated heterocycles. The summed E-state index contributed by atoms with van der Waals surface area (Å²) in [5.74, 6) is 1.60. The fraction of sp³-hybridized carbons (Fsp3) is 0.120. The summed E-state index contributed by atoms with van der Waals surface area (Å²) < 4.78 is 1.60. The normalized spacial score (nSPS) is 11.9. The van der Waals surface area contributed by atoms with Gasteiger partial charge in [-0.05, 0) is 37.6 Å². The maximum atomic E-state index is 14.1. The Morgan fingerprint density at radius 2 is 1.66 bits per heavy atom. The molecule has 0 unspecified atom stereocenters. The van der Waals surface area contributed by atoms with Gasteiger partial charge in [0, 0.05) is 18.0 Å². The molecular weight excluding hydrogens is 442 g/mol. The van der Waals surface area contributed by atoms with Crippen LogP contribution in [0.5, 0.6) is 0 Å². The molecule has 0 aliphatic carbocycles. The zero-order chi connectivity index (χ0) is 24.5. The molecule has 2 aromatic carbocycles. The number of nitrogens with zero attached hydrogens (tertiary/aromatic N) is 6. The van der Waals surface area contributed by atoms with Crippen molar-refractivity contribution in [3.63, 3.8) is 0 Å². The number of hydrogen-bond donors (Lipinski definition) is 3. The third-order valence-electron chi connectivity index (χ3n) is 5.61. The van der Waals surface area contributed by atoms with E-state index in [1.54, 1.807) is 17.0 Å². The van der Waals surface area contributed by atoms with Gasteiger partial charge in [-0.1, -0.05) is 30.3 Å². The Labute approximate surface area is 200 Å². The van der Waals surface area contributed by atoms with E-state index in [-0.39, 0.29) is 11.5 Å². The van der Waals surface area contributed by atoms with Crippen molar-refractivity contribution in [2.24, 2.45) is 0 Å². The predicted octanol–water partition coefficient (Wildman–Crippen LogP) is 3.28. The van der Waals surface area contributed by atoms with E-state index >= 15 is 0 Å². The molecule has 0 radical (unpaired) electrons. The molecule has 174 valence electrons. The van der Waals surface area contributed by atoms with Crippen molar-refractivity contribution in [2.75, 3.05) is 16.8 Å². The highest BCUT2D eigenvalue weighted by atomic mass is 16.1. The summed E-state index contributed by atoms with van der Waals surface area (Å²) in [7, 11) is 0. The lowest BCUT2D eigenvalue weighted by Crippen LogP contribution is -2.28. The molecule has 1 atom stereocenters. The fourth-order valence-corrected chi connectivity index (χ4v) is 3.93. The van der Waals surface area contributed by atoms with E-state index in [0.717, 1.165) is 5.56 Å². The molecule has 5 aromatic rings. The average molecular weight is 466 g/mol. The Bertz CT molecular complexity index is 1580. The fourth-order valence-electron chi connectivity index (χ4n) is 3.93. The van der Waals surface area contributed by atoms with Crippen LogP contribution in [0.1, 0.15) is 24.6 Å². The standard InChI is InChI=1S/C25H23N9O/c1-14(31-22-19(26)13-30-25(27)33-22)23-32-20-10-6-9-18(16-11-28-15(2)29-12-16)21(20)24(35)34(23)17-7-4-3-5-8-17/h3-14H,26H2,1-2H3,(H3,27,30,31,33)/t14-/m0/s1. The Kier molecular flexibility index (Phi) is 5.54. The summed E-state index contributed by atoms with van der Waals surface area (Å²) in [4.78, 5) is 35.7. The minimum absolute atomic E-state index is 0.0887. The lowest BCUT2D eigenvalue weighted by atomic mass is 10.0. The highest BCUT2D eigenvalue weighted by Gasteiger charge is 2.21. The van der Waals surface area contributed by atoms with E-state index in [9.17, 15) is 4.79 Å². The van der Waals surface area contributed by atoms with Crippen LogP contribution in [0, 0.1) is 6.92 Å². The minimum atomic E-state index is -0.449. The van der Waals surface area contributed by atoms with Crippen LogP contribution in [0.25, 0.3) is 27.7 Å². The maximum absolute atomic E-state index is 14.1. The SMILES string of the molecule is Cc1ncc(-c2cccc3nc([C@H](C)Nc4nc(N)ncc4N)n(-c4ccccc4)c(=O)c23)cn1. The average Bonchev–Trinajstić information content (AvgIpc) is 2.86. The van der Waals surface area contributed by atoms with Gasteiger partial charge < -0.3 is 16.8 Å². The van der Waals surface area contributed by atoms with E-state index in [2.05, 4.69) is 25.3 Å². The van der Waals surface area contributed by atoms with Crippen molar-refractivity contribution in [1.82, 2.24) is 29.5 Å². The van der Waals surface area contributed by atoms with Gasteiger partial charge in [-0.3, -0.25) is 9.36 Å². The molecule has 0 saturated carbocycles. The number of anilines is 3. The molecule has 35 heavy (non-hydrogen) atoms. The number of nitrogens with two attached hydrogens (primary N) is 2. The number of nitrogens with one attached hydrogen (secondary N) is 1. The maximum Gasteiger partial charge on any atom is 0.266 e. The van der Waals surface area contributed by atoms with Crippen molar-refractivity contribution >= 4 is 28.4 Å². The van der Waals surface area contributed by atoms with Gasteiger partial charge in [0.2, 0.25) is 5.95 Å². The summed E-state index contributed by atoms with van der Waals surface area (Å²) in [5.41, 5.74) is 14.6. The molecule has 0 amide bonds. The molecule has 10 heteroatoms. The Balaban J connectivity index is 1.74. The zero-order valence-electron chi connectivity index (χ0n) is 19.2. The number of nitrogen functional groups attached to an aromatic ring is 2. The van der Waals surface area contributed by atoms with Crippen LogP contribution < -0.4 is 22.3 Å². The second kappa shape index (κ2) is 8.82. The lowest BCUT2D eigenvalue weighted by molar-refractivity contribution is 0.731. The number of para-hydroxylation sites is 1. The van der Waals surface area contributed by atoms with Crippen LogP contribution in [0.4, 0.5) is 17.5 Å². The van der Waals surface area contributed by atoms with E-state index in [4.69, 9.17) is 16.5 Å². The van der Waals surface area contributed by atoms with Crippen LogP contribution in [0.3, 0.4) is 0 Å². The van der Waals surface area contributed by atoms with Crippen molar-refractivity contribution in [2.45, 2.75) is 19.9 Å². The van der Waals surface area contributed by atoms with Crippen LogP contribution in [-0.4, -0.2) is 29.5 Å². The van der Waals surface area contributed by atoms with E-state index in [1.165, 1.54) is 6.20 Å². The molecule has 3 aromatic heterocycles. The third-order valence-corrected chi connectivity index (χ3v) is 5.61. The number of benzene rings is 2. The molecule has 0 aliphatic rings. The first kappa shape index (κ1) is 22.0. The van der Waals surface area contributed by atoms with Crippen molar-refractivity contribution in [1.29, 1.82) is 0 Å². The molecular formula is C25H23N9O. The van der Waals surface area contributed by atoms with Crippen LogP contribution in [-0.2, 0) is 0 Å². The number of aromatic nitrogens is 6. The Hall–Kier alpha value is -4.86. The molecule has 0 bridgehead atoms. The van der Waals surface area contributed by atoms with Crippen molar-refractivity contribution in [3.05, 3.63) is 89.1 Å². The number of fused-ring (bicyclic) bond motifs is 1. The van der Waals surface area contributed by atoms with Crippen LogP contribution in [0.15, 0.2) is 71.9 Å². The summed E-state index contributed by atoms with van der Waals surface area (Å²) in [6, 6.07) is 14.5. The molecule has 5 N–H and O–H groups in total. The molecule has 3 heterocycles. The number of hydrogen-bond acceptors (Lipinski definition) is 9. The number of rotatable bonds is 5. The summed E-state index contributed by atoms with van der Waals surface area (Å²) in [6.45, 7) is 3.69. The second-order valence-corrected chi connectivity index (χ2v) is 8.06. The van der Waals surface area contributed by atoms with E-state index in [1.807, 2.05) is 62.4 Å². The summed E-state index contributed by atoms with van der Waals surface area (Å²) in [5, 5.41) is 3.70. The van der Waals surface area contributed by atoms with Gasteiger partial charge in [-0.25, -0.2) is 19.9 Å². The van der Waals surface area contributed by atoms with Gasteiger partial charge in [-0.2, -0.15) is 4.98 Å². The molecule has 5 rings (SSSR count). The first-order valence-electron chi connectivity index (χ1n) is 11.0. The molecule has 0 aliphatic heterocycles. The van der Waals surface area contributed by atoms with E-state index in [0.29, 0.717) is 45.3 Å². The summed E-state index contributed by atoms with van der Waals surface area (Å²) >= 11 is 0. The molecule has 10 nitrogen and oxygen atoms in total. The monoisotopic (exact) mass is 465 g/mol. The van der Waals surface area contributed by atoms with E-state index < -0.39 is 6.04 Å². The summed E-state index contributed by atoms with van der Waals surface area (Å²) in [6.07, 6.45) is 4.86. The number of aryl methyl sites for hydroxylation is 1. The van der Waals surface area contributed by atoms with Gasteiger partial charge in [0.05, 0.1) is 34.5 Å². The Morgan fingerprint density at radius 3 is 2.40 bits per heavy atom. The molecule has 0 fully saturated rings. The molecule has 0 spiro atoms. The third kappa shape index (κ3) is 4.12. The zero-order valence-corrected chi connectivity index (χ0v) is 19.2. The largest absolute Gasteiger partial charge is 0.394 e. The van der Waals surface area contributed by atoms with Crippen LogP contribution >= 0.6 is 0 Å². The van der Waals surface area contributed by atoms with Crippen molar-refractivity contribution in [3.8, 4) is 16.8 Å². The van der Waals surface area contributed by atoms with Crippen LogP contribution in [0.2, 0.25) is 0 Å². The van der Waals surface area contributed by atoms with Gasteiger partial charge in [-0.15, -0.1) is 0 Å². The topological polar surface area (TPSA) is 151 Å².